The summed E-state index contributed by atoms with van der Waals surface area (Å²) in [7, 11) is -3.17. The number of amides is 1. The van der Waals surface area contributed by atoms with Gasteiger partial charge in [-0.2, -0.15) is 4.31 Å². The van der Waals surface area contributed by atoms with Crippen molar-refractivity contribution in [3.63, 3.8) is 0 Å². The topological polar surface area (TPSA) is 84.4 Å². The Balaban J connectivity index is 1.37. The molecule has 5 rings (SSSR count). The molecule has 2 fully saturated rings. The molecule has 1 N–H and O–H groups in total. The lowest BCUT2D eigenvalue weighted by Gasteiger charge is -2.41. The van der Waals surface area contributed by atoms with Crippen molar-refractivity contribution >= 4 is 38.9 Å². The van der Waals surface area contributed by atoms with Crippen molar-refractivity contribution < 1.29 is 18.3 Å². The average molecular weight is 443 g/mol. The normalized spacial score (nSPS) is 23.7. The van der Waals surface area contributed by atoms with Gasteiger partial charge in [-0.05, 0) is 49.2 Å². The van der Waals surface area contributed by atoms with E-state index in [-0.39, 0.29) is 12.1 Å². The first-order chi connectivity index (χ1) is 14.8. The molecule has 2 saturated heterocycles. The lowest BCUT2D eigenvalue weighted by molar-refractivity contribution is 0.201. The van der Waals surface area contributed by atoms with Gasteiger partial charge in [0.1, 0.15) is 0 Å². The highest BCUT2D eigenvalue weighted by Gasteiger charge is 2.44. The molecule has 8 nitrogen and oxygen atoms in total. The highest BCUT2D eigenvalue weighted by Crippen LogP contribution is 2.39. The Hall–Kier alpha value is -2.78. The molecule has 9 heteroatoms. The van der Waals surface area contributed by atoms with Gasteiger partial charge in [0.25, 0.3) is 0 Å². The maximum atomic E-state index is 12.1. The van der Waals surface area contributed by atoms with Crippen molar-refractivity contribution in [1.29, 1.82) is 0 Å². The Morgan fingerprint density at radius 2 is 1.48 bits per heavy atom. The molecule has 0 aromatic heterocycles. The van der Waals surface area contributed by atoms with Crippen molar-refractivity contribution in [2.24, 2.45) is 0 Å². The van der Waals surface area contributed by atoms with Gasteiger partial charge in [-0.1, -0.05) is 12.1 Å². The van der Waals surface area contributed by atoms with Crippen LogP contribution in [-0.4, -0.2) is 68.4 Å². The van der Waals surface area contributed by atoms with Crippen LogP contribution < -0.4 is 14.7 Å². The minimum absolute atomic E-state index is 0.0457. The summed E-state index contributed by atoms with van der Waals surface area (Å²) < 4.78 is 26.0. The van der Waals surface area contributed by atoms with E-state index in [0.717, 1.165) is 29.9 Å². The van der Waals surface area contributed by atoms with Crippen LogP contribution in [0.1, 0.15) is 12.8 Å². The zero-order valence-corrected chi connectivity index (χ0v) is 18.2. The third-order valence-corrected chi connectivity index (χ3v) is 7.93. The fourth-order valence-corrected chi connectivity index (χ4v) is 6.72. The number of hydrogen-bond donors (Lipinski definition) is 1. The van der Waals surface area contributed by atoms with E-state index >= 15 is 0 Å². The molecule has 164 valence electrons. The van der Waals surface area contributed by atoms with Gasteiger partial charge in [0.15, 0.2) is 0 Å². The number of carboxylic acid groups (broad SMARTS) is 1. The second-order valence-electron chi connectivity index (χ2n) is 8.47. The SMILES string of the molecule is CS(=O)(=O)N1C2CCC1CN(c1ccc(N3CCN(C(=O)O)c4ccccc43)cc1)C2. The molecule has 0 aliphatic carbocycles. The highest BCUT2D eigenvalue weighted by molar-refractivity contribution is 7.88. The van der Waals surface area contributed by atoms with E-state index < -0.39 is 16.1 Å². The lowest BCUT2D eigenvalue weighted by Crippen LogP contribution is -2.55. The van der Waals surface area contributed by atoms with Crippen molar-refractivity contribution in [2.75, 3.05) is 47.1 Å². The number of benzene rings is 2. The standard InChI is InChI=1S/C22H26N4O4S/c1-31(29,30)26-18-10-11-19(26)15-23(14-18)16-6-8-17(9-7-16)24-12-13-25(22(27)28)21-5-3-2-4-20(21)24/h2-9,18-19H,10-15H2,1H3,(H,27,28). The Morgan fingerprint density at radius 1 is 0.903 bits per heavy atom. The largest absolute Gasteiger partial charge is 0.465 e. The van der Waals surface area contributed by atoms with Gasteiger partial charge in [0, 0.05) is 49.6 Å². The second kappa shape index (κ2) is 7.42. The number of piperazine rings is 1. The fourth-order valence-electron chi connectivity index (χ4n) is 5.29. The summed E-state index contributed by atoms with van der Waals surface area (Å²) in [6.07, 6.45) is 2.20. The number of nitrogens with zero attached hydrogens (tertiary/aromatic N) is 4. The first-order valence-corrected chi connectivity index (χ1v) is 12.4. The number of hydrogen-bond acceptors (Lipinski definition) is 5. The number of fused-ring (bicyclic) bond motifs is 3. The van der Waals surface area contributed by atoms with Gasteiger partial charge in [-0.25, -0.2) is 13.2 Å². The van der Waals surface area contributed by atoms with Crippen molar-refractivity contribution in [3.8, 4) is 0 Å². The lowest BCUT2D eigenvalue weighted by atomic mass is 10.1. The van der Waals surface area contributed by atoms with E-state index in [4.69, 9.17) is 0 Å². The first kappa shape index (κ1) is 20.1. The Labute approximate surface area is 182 Å². The third-order valence-electron chi connectivity index (χ3n) is 6.57. The maximum absolute atomic E-state index is 12.1. The molecule has 0 radical (unpaired) electrons. The number of sulfonamides is 1. The first-order valence-electron chi connectivity index (χ1n) is 10.5. The molecule has 3 aliphatic heterocycles. The van der Waals surface area contributed by atoms with Crippen LogP contribution in [-0.2, 0) is 10.0 Å². The van der Waals surface area contributed by atoms with Gasteiger partial charge in [-0.15, -0.1) is 0 Å². The molecule has 3 heterocycles. The second-order valence-corrected chi connectivity index (χ2v) is 10.4. The minimum atomic E-state index is -3.17. The summed E-state index contributed by atoms with van der Waals surface area (Å²) >= 11 is 0. The van der Waals surface area contributed by atoms with Crippen LogP contribution in [0.2, 0.25) is 0 Å². The van der Waals surface area contributed by atoms with E-state index in [9.17, 15) is 18.3 Å². The molecular weight excluding hydrogens is 416 g/mol. The van der Waals surface area contributed by atoms with Gasteiger partial charge in [0.2, 0.25) is 10.0 Å². The molecule has 2 bridgehead atoms. The van der Waals surface area contributed by atoms with Crippen LogP contribution in [0.15, 0.2) is 48.5 Å². The van der Waals surface area contributed by atoms with Crippen LogP contribution in [0.4, 0.5) is 27.5 Å². The van der Waals surface area contributed by atoms with Crippen molar-refractivity contribution in [3.05, 3.63) is 48.5 Å². The number of para-hydroxylation sites is 2. The zero-order chi connectivity index (χ0) is 21.8. The summed E-state index contributed by atoms with van der Waals surface area (Å²) in [5.41, 5.74) is 3.67. The van der Waals surface area contributed by atoms with Gasteiger partial charge in [-0.3, -0.25) is 4.90 Å². The predicted octanol–water partition coefficient (Wildman–Crippen LogP) is 2.94. The smallest absolute Gasteiger partial charge is 0.411 e. The van der Waals surface area contributed by atoms with Gasteiger partial charge in [0.05, 0.1) is 17.6 Å². The molecule has 0 spiro atoms. The third kappa shape index (κ3) is 3.51. The summed E-state index contributed by atoms with van der Waals surface area (Å²) in [6.45, 7) is 2.41. The predicted molar refractivity (Wildman–Crippen MR) is 121 cm³/mol. The monoisotopic (exact) mass is 442 g/mol. The van der Waals surface area contributed by atoms with E-state index in [0.29, 0.717) is 31.9 Å². The number of rotatable bonds is 3. The molecule has 2 atom stereocenters. The number of carbonyl (C=O) groups is 1. The molecule has 2 aromatic carbocycles. The molecule has 3 aliphatic rings. The molecule has 0 saturated carbocycles. The molecule has 1 amide bonds. The molecule has 2 aromatic rings. The van der Waals surface area contributed by atoms with Crippen LogP contribution in [0.5, 0.6) is 0 Å². The van der Waals surface area contributed by atoms with E-state index in [1.54, 1.807) is 4.31 Å². The minimum Gasteiger partial charge on any atom is -0.465 e. The summed E-state index contributed by atoms with van der Waals surface area (Å²) in [5, 5.41) is 9.50. The molecule has 31 heavy (non-hydrogen) atoms. The van der Waals surface area contributed by atoms with Crippen LogP contribution in [0.3, 0.4) is 0 Å². The fraction of sp³-hybridized carbons (Fsp3) is 0.409. The van der Waals surface area contributed by atoms with E-state index in [1.807, 2.05) is 24.3 Å². The molecular formula is C22H26N4O4S. The zero-order valence-electron chi connectivity index (χ0n) is 17.4. The van der Waals surface area contributed by atoms with Crippen molar-refractivity contribution in [2.45, 2.75) is 24.9 Å². The summed E-state index contributed by atoms with van der Waals surface area (Å²) in [4.78, 5) is 17.4. The van der Waals surface area contributed by atoms with Crippen LogP contribution >= 0.6 is 0 Å². The van der Waals surface area contributed by atoms with E-state index in [2.05, 4.69) is 34.1 Å². The summed E-state index contributed by atoms with van der Waals surface area (Å²) in [6, 6.07) is 15.9. The molecule has 2 unspecified atom stereocenters. The Kier molecular flexibility index (Phi) is 4.82. The highest BCUT2D eigenvalue weighted by atomic mass is 32.2. The van der Waals surface area contributed by atoms with Gasteiger partial charge >= 0.3 is 6.09 Å². The van der Waals surface area contributed by atoms with Crippen molar-refractivity contribution in [1.82, 2.24) is 4.31 Å². The van der Waals surface area contributed by atoms with Crippen LogP contribution in [0, 0.1) is 0 Å². The van der Waals surface area contributed by atoms with Crippen LogP contribution in [0.25, 0.3) is 0 Å². The quantitative estimate of drug-likeness (QED) is 0.787. The maximum Gasteiger partial charge on any atom is 0.411 e. The van der Waals surface area contributed by atoms with Gasteiger partial charge < -0.3 is 14.9 Å². The average Bonchev–Trinajstić information content (AvgIpc) is 3.04. The Bertz CT molecular complexity index is 1090. The summed E-state index contributed by atoms with van der Waals surface area (Å²) in [5.74, 6) is 0. The Morgan fingerprint density at radius 3 is 2.06 bits per heavy atom. The number of anilines is 4. The van der Waals surface area contributed by atoms with E-state index in [1.165, 1.54) is 11.2 Å².